The van der Waals surface area contributed by atoms with Crippen LogP contribution < -0.4 is 14.2 Å². The van der Waals surface area contributed by atoms with Gasteiger partial charge in [0, 0.05) is 23.6 Å². The zero-order chi connectivity index (χ0) is 26.9. The molecule has 2 aromatic carbocycles. The Kier molecular flexibility index (Phi) is 5.50. The summed E-state index contributed by atoms with van der Waals surface area (Å²) in [5, 5.41) is 33.7. The van der Waals surface area contributed by atoms with E-state index in [1.165, 1.54) is 12.1 Å². The molecule has 5 rings (SSSR count). The summed E-state index contributed by atoms with van der Waals surface area (Å²) in [6, 6.07) is 4.51. The number of fused-ring (bicyclic) bond motifs is 6. The van der Waals surface area contributed by atoms with E-state index < -0.39 is 22.8 Å². The molecule has 2 atom stereocenters. The van der Waals surface area contributed by atoms with Crippen LogP contribution in [0.25, 0.3) is 6.08 Å². The van der Waals surface area contributed by atoms with Crippen molar-refractivity contribution in [3.05, 3.63) is 69.8 Å². The molecule has 7 heteroatoms. The van der Waals surface area contributed by atoms with Gasteiger partial charge < -0.3 is 29.5 Å². The SMILES string of the molecule is CC(C)=CCc1c(O)ccc2c1OC1(O)C(=O)c3c(O)cc4c(c3OC21CC=C(C)C)C=CC(C)(C)O4. The van der Waals surface area contributed by atoms with Crippen LogP contribution in [0.5, 0.6) is 28.7 Å². The number of aromatic hydroxyl groups is 2. The molecule has 3 heterocycles. The summed E-state index contributed by atoms with van der Waals surface area (Å²) in [6.07, 6.45) is 7.89. The third-order valence-corrected chi connectivity index (χ3v) is 7.08. The van der Waals surface area contributed by atoms with Gasteiger partial charge in [0.05, 0.1) is 5.56 Å². The molecule has 0 saturated heterocycles. The van der Waals surface area contributed by atoms with Gasteiger partial charge in [0.25, 0.3) is 0 Å². The Bertz CT molecular complexity index is 1420. The first kappa shape index (κ1) is 25.0. The number of ketones is 1. The van der Waals surface area contributed by atoms with Crippen molar-refractivity contribution in [3.63, 3.8) is 0 Å². The van der Waals surface area contributed by atoms with Crippen molar-refractivity contribution in [2.24, 2.45) is 0 Å². The first-order chi connectivity index (χ1) is 17.3. The smallest absolute Gasteiger partial charge is 0.318 e. The van der Waals surface area contributed by atoms with Crippen LogP contribution in [0, 0.1) is 0 Å². The highest BCUT2D eigenvalue weighted by molar-refractivity contribution is 6.10. The molecule has 0 aromatic heterocycles. The van der Waals surface area contributed by atoms with E-state index >= 15 is 0 Å². The number of carbonyl (C=O) groups is 1. The van der Waals surface area contributed by atoms with Crippen LogP contribution in [0.4, 0.5) is 0 Å². The predicted molar refractivity (Wildman–Crippen MR) is 139 cm³/mol. The standard InChI is InChI=1S/C30H32O7/c1-16(2)7-8-18-21(31)10-9-20-25(18)37-30(34)27(33)24-22(32)15-23-19(12-13-28(5,6)35-23)26(24)36-29(20,30)14-11-17(3)4/h7,9-13,15,31-32,34H,8,14H2,1-6H3. The Balaban J connectivity index is 1.79. The van der Waals surface area contributed by atoms with E-state index in [1.54, 1.807) is 12.1 Å². The zero-order valence-electron chi connectivity index (χ0n) is 21.9. The monoisotopic (exact) mass is 504 g/mol. The highest BCUT2D eigenvalue weighted by Crippen LogP contribution is 2.60. The van der Waals surface area contributed by atoms with E-state index in [0.29, 0.717) is 28.9 Å². The Morgan fingerprint density at radius 3 is 2.32 bits per heavy atom. The molecule has 2 aromatic rings. The number of rotatable bonds is 4. The average Bonchev–Trinajstić information content (AvgIpc) is 3.05. The third-order valence-electron chi connectivity index (χ3n) is 7.08. The number of carbonyl (C=O) groups excluding carboxylic acids is 1. The lowest BCUT2D eigenvalue weighted by atomic mass is 9.76. The van der Waals surface area contributed by atoms with Crippen LogP contribution in [-0.4, -0.2) is 32.5 Å². The van der Waals surface area contributed by atoms with Gasteiger partial charge in [-0.25, -0.2) is 0 Å². The zero-order valence-corrected chi connectivity index (χ0v) is 21.9. The maximum atomic E-state index is 14.1. The first-order valence-electron chi connectivity index (χ1n) is 12.3. The van der Waals surface area contributed by atoms with Crippen LogP contribution in [0.15, 0.2) is 47.6 Å². The number of phenolic OH excluding ortho intramolecular Hbond substituents is 2. The minimum Gasteiger partial charge on any atom is -0.508 e. The molecule has 0 fully saturated rings. The molecule has 3 aliphatic rings. The molecule has 0 saturated carbocycles. The minimum atomic E-state index is -2.48. The molecule has 0 bridgehead atoms. The second kappa shape index (κ2) is 8.15. The number of Topliss-reactive ketones (excluding diaryl/α,β-unsaturated/α-hetero) is 1. The lowest BCUT2D eigenvalue weighted by Crippen LogP contribution is -2.62. The molecule has 7 nitrogen and oxygen atoms in total. The summed E-state index contributed by atoms with van der Waals surface area (Å²) >= 11 is 0. The van der Waals surface area contributed by atoms with Crippen LogP contribution in [0.2, 0.25) is 0 Å². The summed E-state index contributed by atoms with van der Waals surface area (Å²) in [5.74, 6) is -3.00. The Morgan fingerprint density at radius 1 is 0.946 bits per heavy atom. The Morgan fingerprint density at radius 2 is 1.65 bits per heavy atom. The fraction of sp³-hybridized carbons (Fsp3) is 0.367. The van der Waals surface area contributed by atoms with E-state index in [1.807, 2.05) is 59.8 Å². The lowest BCUT2D eigenvalue weighted by Gasteiger charge is -2.44. The van der Waals surface area contributed by atoms with Gasteiger partial charge in [-0.15, -0.1) is 0 Å². The molecule has 2 unspecified atom stereocenters. The van der Waals surface area contributed by atoms with Gasteiger partial charge in [0.2, 0.25) is 11.4 Å². The van der Waals surface area contributed by atoms with Crippen LogP contribution >= 0.6 is 0 Å². The lowest BCUT2D eigenvalue weighted by molar-refractivity contribution is -0.202. The second-order valence-electron chi connectivity index (χ2n) is 11.0. The molecule has 0 radical (unpaired) electrons. The van der Waals surface area contributed by atoms with E-state index in [9.17, 15) is 20.1 Å². The summed E-state index contributed by atoms with van der Waals surface area (Å²) in [4.78, 5) is 14.1. The van der Waals surface area contributed by atoms with Gasteiger partial charge in [0.1, 0.15) is 39.9 Å². The third kappa shape index (κ3) is 3.63. The molecule has 37 heavy (non-hydrogen) atoms. The van der Waals surface area contributed by atoms with Gasteiger partial charge in [-0.3, -0.25) is 4.79 Å². The van der Waals surface area contributed by atoms with Gasteiger partial charge >= 0.3 is 5.79 Å². The molecule has 3 N–H and O–H groups in total. The number of phenols is 2. The maximum absolute atomic E-state index is 14.1. The number of hydrogen-bond donors (Lipinski definition) is 3. The van der Waals surface area contributed by atoms with Crippen molar-refractivity contribution in [3.8, 4) is 28.7 Å². The highest BCUT2D eigenvalue weighted by Gasteiger charge is 2.70. The summed E-state index contributed by atoms with van der Waals surface area (Å²) < 4.78 is 18.8. The van der Waals surface area contributed by atoms with Crippen molar-refractivity contribution in [2.45, 2.75) is 71.4 Å². The molecular weight excluding hydrogens is 472 g/mol. The molecular formula is C30H32O7. The number of ether oxygens (including phenoxy) is 3. The number of hydrogen-bond acceptors (Lipinski definition) is 7. The van der Waals surface area contributed by atoms with E-state index in [0.717, 1.165) is 11.1 Å². The fourth-order valence-corrected chi connectivity index (χ4v) is 5.11. The van der Waals surface area contributed by atoms with Crippen molar-refractivity contribution < 1.29 is 34.3 Å². The molecule has 194 valence electrons. The van der Waals surface area contributed by atoms with Gasteiger partial charge in [-0.05, 0) is 72.2 Å². The predicted octanol–water partition coefficient (Wildman–Crippen LogP) is 5.70. The van der Waals surface area contributed by atoms with Crippen LogP contribution in [0.1, 0.15) is 75.0 Å². The van der Waals surface area contributed by atoms with Crippen molar-refractivity contribution in [1.29, 1.82) is 0 Å². The molecule has 0 aliphatic carbocycles. The van der Waals surface area contributed by atoms with Gasteiger partial charge in [-0.2, -0.15) is 0 Å². The number of benzene rings is 2. The Labute approximate surface area is 216 Å². The second-order valence-corrected chi connectivity index (χ2v) is 11.0. The molecule has 0 amide bonds. The largest absolute Gasteiger partial charge is 0.508 e. The highest BCUT2D eigenvalue weighted by atomic mass is 16.7. The number of allylic oxidation sites excluding steroid dienone is 3. The summed E-state index contributed by atoms with van der Waals surface area (Å²) in [6.45, 7) is 11.5. The van der Waals surface area contributed by atoms with Crippen LogP contribution in [-0.2, 0) is 12.0 Å². The van der Waals surface area contributed by atoms with Crippen molar-refractivity contribution >= 4 is 11.9 Å². The average molecular weight is 505 g/mol. The molecule has 3 aliphatic heterocycles. The first-order valence-corrected chi connectivity index (χ1v) is 12.3. The molecule has 0 spiro atoms. The normalized spacial score (nSPS) is 23.9. The van der Waals surface area contributed by atoms with Gasteiger partial charge in [0.15, 0.2) is 0 Å². The van der Waals surface area contributed by atoms with Crippen molar-refractivity contribution in [1.82, 2.24) is 0 Å². The van der Waals surface area contributed by atoms with Crippen LogP contribution in [0.3, 0.4) is 0 Å². The minimum absolute atomic E-state index is 0.0142. The number of aliphatic hydroxyl groups is 1. The van der Waals surface area contributed by atoms with Crippen molar-refractivity contribution in [2.75, 3.05) is 0 Å². The summed E-state index contributed by atoms with van der Waals surface area (Å²) in [5.41, 5.74) is 0.914. The van der Waals surface area contributed by atoms with E-state index in [2.05, 4.69) is 0 Å². The van der Waals surface area contributed by atoms with E-state index in [-0.39, 0.29) is 35.0 Å². The van der Waals surface area contributed by atoms with Gasteiger partial charge in [-0.1, -0.05) is 23.3 Å². The quantitative estimate of drug-likeness (QED) is 0.459. The topological polar surface area (TPSA) is 105 Å². The summed E-state index contributed by atoms with van der Waals surface area (Å²) in [7, 11) is 0. The Hall–Kier alpha value is -3.71. The maximum Gasteiger partial charge on any atom is 0.318 e. The fourth-order valence-electron chi connectivity index (χ4n) is 5.11. The van der Waals surface area contributed by atoms with E-state index in [4.69, 9.17) is 14.2 Å².